The Hall–Kier alpha value is -1.48. The van der Waals surface area contributed by atoms with Crippen molar-refractivity contribution in [2.24, 2.45) is 23.7 Å². The highest BCUT2D eigenvalue weighted by Crippen LogP contribution is 2.55. The van der Waals surface area contributed by atoms with E-state index in [1.807, 2.05) is 0 Å². The standard InChI is InChI=1S/C31H46O2S/c32-31(33)20-11-4-3-10-18-29-27-21-22-28(25-27)30(29)19-12-14-24-34-23-13-5-1-2-7-15-26-16-8-6-9-17-26/h1,3,5-6,8-10,16-17,27-30H,2,4,7,11-15,18-25H2,(H,32,33)/b5-1?,10-3-/t27-,28+,29-,30+/m0/s1. The Labute approximate surface area is 212 Å². The summed E-state index contributed by atoms with van der Waals surface area (Å²) in [6, 6.07) is 10.8. The molecule has 2 nitrogen and oxygen atoms in total. The molecule has 1 aromatic carbocycles. The average Bonchev–Trinajstić information content (AvgIpc) is 3.44. The third-order valence-corrected chi connectivity index (χ3v) is 9.06. The summed E-state index contributed by atoms with van der Waals surface area (Å²) in [5.74, 6) is 5.71. The van der Waals surface area contributed by atoms with Crippen molar-refractivity contribution in [1.82, 2.24) is 0 Å². The van der Waals surface area contributed by atoms with E-state index in [1.165, 1.54) is 87.7 Å². The molecular weight excluding hydrogens is 436 g/mol. The summed E-state index contributed by atoms with van der Waals surface area (Å²) in [6.07, 6.45) is 26.0. The normalized spacial score (nSPS) is 24.0. The zero-order valence-electron chi connectivity index (χ0n) is 21.1. The first-order chi connectivity index (χ1) is 16.7. The van der Waals surface area contributed by atoms with Crippen LogP contribution in [0.4, 0.5) is 0 Å². The molecule has 0 spiro atoms. The van der Waals surface area contributed by atoms with E-state index in [4.69, 9.17) is 5.11 Å². The van der Waals surface area contributed by atoms with Gasteiger partial charge in [0.2, 0.25) is 0 Å². The zero-order valence-corrected chi connectivity index (χ0v) is 21.9. The second-order valence-electron chi connectivity index (χ2n) is 10.4. The van der Waals surface area contributed by atoms with Gasteiger partial charge in [0, 0.05) is 6.42 Å². The number of allylic oxidation sites excluding steroid dienone is 4. The van der Waals surface area contributed by atoms with Crippen LogP contribution in [-0.2, 0) is 11.2 Å². The molecule has 0 heterocycles. The van der Waals surface area contributed by atoms with E-state index in [0.717, 1.165) is 36.5 Å². The molecule has 3 rings (SSSR count). The molecule has 0 aromatic heterocycles. The summed E-state index contributed by atoms with van der Waals surface area (Å²) in [7, 11) is 0. The van der Waals surface area contributed by atoms with Crippen molar-refractivity contribution in [2.75, 3.05) is 11.5 Å². The van der Waals surface area contributed by atoms with Crippen LogP contribution in [0, 0.1) is 23.7 Å². The van der Waals surface area contributed by atoms with Crippen LogP contribution in [0.3, 0.4) is 0 Å². The number of fused-ring (bicyclic) bond motifs is 2. The van der Waals surface area contributed by atoms with Crippen molar-refractivity contribution < 1.29 is 9.90 Å². The average molecular weight is 483 g/mol. The molecule has 3 heteroatoms. The number of rotatable bonds is 18. The highest BCUT2D eigenvalue weighted by atomic mass is 32.2. The lowest BCUT2D eigenvalue weighted by Crippen LogP contribution is -2.22. The largest absolute Gasteiger partial charge is 0.481 e. The van der Waals surface area contributed by atoms with Crippen LogP contribution in [0.15, 0.2) is 54.6 Å². The molecule has 0 aliphatic heterocycles. The Morgan fingerprint density at radius 1 is 0.853 bits per heavy atom. The van der Waals surface area contributed by atoms with Crippen molar-refractivity contribution >= 4 is 17.7 Å². The summed E-state index contributed by atoms with van der Waals surface area (Å²) in [5, 5.41) is 8.76. The van der Waals surface area contributed by atoms with Crippen LogP contribution in [0.2, 0.25) is 0 Å². The fourth-order valence-electron chi connectivity index (χ4n) is 6.23. The first-order valence-electron chi connectivity index (χ1n) is 13.9. The lowest BCUT2D eigenvalue weighted by molar-refractivity contribution is -0.137. The summed E-state index contributed by atoms with van der Waals surface area (Å²) in [5.41, 5.74) is 1.45. The summed E-state index contributed by atoms with van der Waals surface area (Å²) < 4.78 is 0. The quantitative estimate of drug-likeness (QED) is 0.168. The number of hydrogen-bond acceptors (Lipinski definition) is 2. The van der Waals surface area contributed by atoms with Gasteiger partial charge in [0.05, 0.1) is 0 Å². The molecule has 0 saturated heterocycles. The van der Waals surface area contributed by atoms with Crippen LogP contribution in [0.1, 0.15) is 89.0 Å². The maximum atomic E-state index is 10.6. The maximum Gasteiger partial charge on any atom is 0.303 e. The molecule has 0 amide bonds. The third kappa shape index (κ3) is 10.0. The van der Waals surface area contributed by atoms with Crippen LogP contribution in [0.5, 0.6) is 0 Å². The molecular formula is C31H46O2S. The van der Waals surface area contributed by atoms with Crippen molar-refractivity contribution in [3.05, 3.63) is 60.2 Å². The minimum absolute atomic E-state index is 0.296. The molecule has 0 unspecified atom stereocenters. The lowest BCUT2D eigenvalue weighted by atomic mass is 9.75. The van der Waals surface area contributed by atoms with Gasteiger partial charge in [-0.1, -0.05) is 61.1 Å². The number of aliphatic carboxylic acids is 1. The molecule has 2 aliphatic carbocycles. The van der Waals surface area contributed by atoms with Crippen LogP contribution in [-0.4, -0.2) is 22.6 Å². The van der Waals surface area contributed by atoms with Crippen molar-refractivity contribution in [3.63, 3.8) is 0 Å². The number of unbranched alkanes of at least 4 members (excludes halogenated alkanes) is 3. The number of carbonyl (C=O) groups is 1. The van der Waals surface area contributed by atoms with E-state index < -0.39 is 5.97 Å². The molecule has 4 atom stereocenters. The topological polar surface area (TPSA) is 37.3 Å². The van der Waals surface area contributed by atoms with Gasteiger partial charge >= 0.3 is 5.97 Å². The second-order valence-corrected chi connectivity index (χ2v) is 11.6. The van der Waals surface area contributed by atoms with E-state index in [1.54, 1.807) is 0 Å². The summed E-state index contributed by atoms with van der Waals surface area (Å²) >= 11 is 2.13. The first-order valence-corrected chi connectivity index (χ1v) is 15.0. The van der Waals surface area contributed by atoms with E-state index in [-0.39, 0.29) is 0 Å². The van der Waals surface area contributed by atoms with Gasteiger partial charge in [0.1, 0.15) is 0 Å². The summed E-state index contributed by atoms with van der Waals surface area (Å²) in [6.45, 7) is 0. The molecule has 2 fully saturated rings. The molecule has 2 aliphatic rings. The van der Waals surface area contributed by atoms with Crippen molar-refractivity contribution in [1.29, 1.82) is 0 Å². The van der Waals surface area contributed by atoms with Crippen LogP contribution in [0.25, 0.3) is 0 Å². The monoisotopic (exact) mass is 482 g/mol. The highest BCUT2D eigenvalue weighted by Gasteiger charge is 2.45. The molecule has 34 heavy (non-hydrogen) atoms. The van der Waals surface area contributed by atoms with Gasteiger partial charge in [0.15, 0.2) is 0 Å². The van der Waals surface area contributed by atoms with Crippen molar-refractivity contribution in [3.8, 4) is 0 Å². The van der Waals surface area contributed by atoms with Crippen LogP contribution < -0.4 is 0 Å². The summed E-state index contributed by atoms with van der Waals surface area (Å²) in [4.78, 5) is 10.6. The molecule has 0 radical (unpaired) electrons. The maximum absolute atomic E-state index is 10.6. The fraction of sp³-hybridized carbons (Fsp3) is 0.645. The number of benzene rings is 1. The van der Waals surface area contributed by atoms with Gasteiger partial charge in [-0.2, -0.15) is 11.8 Å². The van der Waals surface area contributed by atoms with Gasteiger partial charge in [-0.05, 0) is 118 Å². The van der Waals surface area contributed by atoms with E-state index in [0.29, 0.717) is 6.42 Å². The number of hydrogen-bond donors (Lipinski definition) is 1. The highest BCUT2D eigenvalue weighted by molar-refractivity contribution is 7.99. The third-order valence-electron chi connectivity index (χ3n) is 7.96. The van der Waals surface area contributed by atoms with E-state index in [2.05, 4.69) is 66.4 Å². The van der Waals surface area contributed by atoms with Crippen molar-refractivity contribution in [2.45, 2.75) is 89.9 Å². The second kappa shape index (κ2) is 16.2. The van der Waals surface area contributed by atoms with E-state index >= 15 is 0 Å². The molecule has 1 aromatic rings. The Bertz CT molecular complexity index is 741. The Kier molecular flexibility index (Phi) is 13.0. The Balaban J connectivity index is 1.18. The predicted molar refractivity (Wildman–Crippen MR) is 147 cm³/mol. The zero-order chi connectivity index (χ0) is 23.8. The van der Waals surface area contributed by atoms with Gasteiger partial charge in [-0.15, -0.1) is 0 Å². The smallest absolute Gasteiger partial charge is 0.303 e. The van der Waals surface area contributed by atoms with Gasteiger partial charge in [0.25, 0.3) is 0 Å². The number of carboxylic acids is 1. The minimum Gasteiger partial charge on any atom is -0.481 e. The SMILES string of the molecule is O=C(O)CCC/C=C\C[C@H]1[C@H]2CC[C@H](C2)[C@H]1CCCCSCCC=CCCCc1ccccc1. The Morgan fingerprint density at radius 3 is 2.41 bits per heavy atom. The molecule has 2 bridgehead atoms. The Morgan fingerprint density at radius 2 is 1.59 bits per heavy atom. The lowest BCUT2D eigenvalue weighted by Gasteiger charge is -2.30. The number of thioether (sulfide) groups is 1. The van der Waals surface area contributed by atoms with Gasteiger partial charge in [-0.3, -0.25) is 4.79 Å². The predicted octanol–water partition coefficient (Wildman–Crippen LogP) is 8.72. The molecule has 188 valence electrons. The first kappa shape index (κ1) is 27.1. The molecule has 1 N–H and O–H groups in total. The van der Waals surface area contributed by atoms with E-state index in [9.17, 15) is 4.79 Å². The van der Waals surface area contributed by atoms with Gasteiger partial charge in [-0.25, -0.2) is 0 Å². The molecule has 2 saturated carbocycles. The van der Waals surface area contributed by atoms with Gasteiger partial charge < -0.3 is 5.11 Å². The minimum atomic E-state index is -0.675. The number of carboxylic acid groups (broad SMARTS) is 1. The number of aryl methyl sites for hydroxylation is 1. The van der Waals surface area contributed by atoms with Crippen LogP contribution >= 0.6 is 11.8 Å². The fourth-order valence-corrected chi connectivity index (χ4v) is 7.15.